The predicted molar refractivity (Wildman–Crippen MR) is 315 cm³/mol. The highest BCUT2D eigenvalue weighted by Crippen LogP contribution is 2.52. The highest BCUT2D eigenvalue weighted by atomic mass is 16.3. The molecule has 360 valence electrons. The van der Waals surface area contributed by atoms with Crippen LogP contribution in [0.2, 0.25) is 0 Å². The van der Waals surface area contributed by atoms with Crippen LogP contribution in [0.5, 0.6) is 0 Å². The van der Waals surface area contributed by atoms with Crippen molar-refractivity contribution in [1.29, 1.82) is 0 Å². The summed E-state index contributed by atoms with van der Waals surface area (Å²) >= 11 is 0. The molecule has 0 fully saturated rings. The van der Waals surface area contributed by atoms with E-state index in [4.69, 9.17) is 4.42 Å². The minimum absolute atomic E-state index is 0.267. The van der Waals surface area contributed by atoms with Crippen molar-refractivity contribution in [3.05, 3.63) is 277 Å². The van der Waals surface area contributed by atoms with E-state index in [1.54, 1.807) is 0 Å². The Bertz CT molecular complexity index is 3850. The fourth-order valence-electron chi connectivity index (χ4n) is 11.5. The fourth-order valence-corrected chi connectivity index (χ4v) is 11.5. The summed E-state index contributed by atoms with van der Waals surface area (Å²) in [7, 11) is 0. The van der Waals surface area contributed by atoms with E-state index in [-0.39, 0.29) is 10.8 Å². The maximum Gasteiger partial charge on any atom is 0.139 e. The van der Waals surface area contributed by atoms with Crippen LogP contribution in [-0.4, -0.2) is 0 Å². The minimum Gasteiger partial charge on any atom is -0.456 e. The van der Waals surface area contributed by atoms with Crippen LogP contribution < -0.4 is 10.2 Å². The molecule has 3 nitrogen and oxygen atoms in total. The summed E-state index contributed by atoms with van der Waals surface area (Å²) in [5.74, 6) is 0. The van der Waals surface area contributed by atoms with Gasteiger partial charge in [0.15, 0.2) is 0 Å². The van der Waals surface area contributed by atoms with Crippen LogP contribution in [0.4, 0.5) is 22.7 Å². The van der Waals surface area contributed by atoms with Gasteiger partial charge in [-0.3, -0.25) is 0 Å². The molecule has 1 aromatic heterocycles. The monoisotopic (exact) mass is 956 g/mol. The van der Waals surface area contributed by atoms with Crippen molar-refractivity contribution < 1.29 is 4.42 Å². The zero-order valence-electron chi connectivity index (χ0n) is 42.7. The topological polar surface area (TPSA) is 28.4 Å². The zero-order chi connectivity index (χ0) is 50.4. The van der Waals surface area contributed by atoms with E-state index in [1.165, 1.54) is 61.2 Å². The average Bonchev–Trinajstić information content (AvgIpc) is 3.94. The van der Waals surface area contributed by atoms with Crippen molar-refractivity contribution in [2.45, 2.75) is 57.8 Å². The summed E-state index contributed by atoms with van der Waals surface area (Å²) in [6.07, 6.45) is 25.2. The Balaban J connectivity index is 0.919. The normalized spacial score (nSPS) is 16.6. The molecular weight excluding hydrogens is 897 g/mol. The van der Waals surface area contributed by atoms with Crippen molar-refractivity contribution in [2.24, 2.45) is 0 Å². The van der Waals surface area contributed by atoms with E-state index in [2.05, 4.69) is 250 Å². The molecule has 0 aliphatic heterocycles. The molecule has 1 N–H and O–H groups in total. The summed E-state index contributed by atoms with van der Waals surface area (Å²) in [5.41, 5.74) is 22.5. The number of anilines is 4. The van der Waals surface area contributed by atoms with Gasteiger partial charge in [0.2, 0.25) is 0 Å². The lowest BCUT2D eigenvalue weighted by Crippen LogP contribution is -2.25. The number of benzene rings is 8. The number of para-hydroxylation sites is 3. The highest BCUT2D eigenvalue weighted by Gasteiger charge is 2.37. The Hall–Kier alpha value is -8.66. The first-order valence-corrected chi connectivity index (χ1v) is 26.1. The van der Waals surface area contributed by atoms with E-state index in [0.29, 0.717) is 0 Å². The minimum atomic E-state index is -0.277. The summed E-state index contributed by atoms with van der Waals surface area (Å²) in [6.45, 7) is 13.5. The van der Waals surface area contributed by atoms with Gasteiger partial charge in [-0.15, -0.1) is 0 Å². The second-order valence-corrected chi connectivity index (χ2v) is 20.7. The summed E-state index contributed by atoms with van der Waals surface area (Å²) in [4.78, 5) is 2.45. The number of fused-ring (bicyclic) bond motifs is 6. The lowest BCUT2D eigenvalue weighted by molar-refractivity contribution is 0.577. The molecule has 74 heavy (non-hydrogen) atoms. The third kappa shape index (κ3) is 8.48. The molecule has 1 heterocycles. The van der Waals surface area contributed by atoms with Crippen LogP contribution in [0.15, 0.2) is 253 Å². The van der Waals surface area contributed by atoms with Gasteiger partial charge in [-0.2, -0.15) is 0 Å². The van der Waals surface area contributed by atoms with Crippen molar-refractivity contribution in [3.8, 4) is 33.4 Å². The molecule has 9 aromatic rings. The zero-order valence-corrected chi connectivity index (χ0v) is 42.7. The molecule has 3 aliphatic carbocycles. The summed E-state index contributed by atoms with van der Waals surface area (Å²) in [5, 5.41) is 6.08. The Labute approximate surface area is 436 Å². The SMILES string of the molecule is C=C(/C=C\C=C/C)c1ccccc1Nc1ccc2c(c1)C(C)(C)c1cc(N(C3=CCC(C)(c4cccc5c4oc4ccccc45)C=C3)c3ccc(-c4cc(C5=CCCC=C5)cc(-c5ccccc5)c4)cc3)ccc1-2. The van der Waals surface area contributed by atoms with Crippen LogP contribution in [0.1, 0.15) is 74.8 Å². The smallest absolute Gasteiger partial charge is 0.139 e. The maximum atomic E-state index is 6.61. The van der Waals surface area contributed by atoms with Crippen molar-refractivity contribution in [3.63, 3.8) is 0 Å². The molecule has 12 rings (SSSR count). The van der Waals surface area contributed by atoms with Crippen LogP contribution in [0, 0.1) is 0 Å². The van der Waals surface area contributed by atoms with E-state index in [9.17, 15) is 0 Å². The summed E-state index contributed by atoms with van der Waals surface area (Å²) < 4.78 is 6.61. The molecule has 1 unspecified atom stereocenters. The van der Waals surface area contributed by atoms with Gasteiger partial charge in [0.05, 0.1) is 0 Å². The highest BCUT2D eigenvalue weighted by molar-refractivity contribution is 6.06. The number of allylic oxidation sites excluding steroid dienone is 12. The number of rotatable bonds is 12. The predicted octanol–water partition coefficient (Wildman–Crippen LogP) is 19.8. The first-order chi connectivity index (χ1) is 36.1. The summed E-state index contributed by atoms with van der Waals surface area (Å²) in [6, 6.07) is 64.3. The molecule has 3 aliphatic rings. The van der Waals surface area contributed by atoms with E-state index in [0.717, 1.165) is 80.8 Å². The molecule has 8 aromatic carbocycles. The number of furan rings is 1. The fraction of sp³-hybridized carbons (Fsp3) is 0.127. The lowest BCUT2D eigenvalue weighted by atomic mass is 9.76. The molecule has 0 amide bonds. The lowest BCUT2D eigenvalue weighted by Gasteiger charge is -2.34. The second kappa shape index (κ2) is 19.1. The number of hydrogen-bond acceptors (Lipinski definition) is 3. The third-order valence-electron chi connectivity index (χ3n) is 15.5. The average molecular weight is 957 g/mol. The van der Waals surface area contributed by atoms with Crippen LogP contribution >= 0.6 is 0 Å². The molecule has 3 heteroatoms. The molecule has 0 spiro atoms. The Morgan fingerprint density at radius 2 is 1.30 bits per heavy atom. The van der Waals surface area contributed by atoms with Gasteiger partial charge in [0, 0.05) is 61.2 Å². The largest absolute Gasteiger partial charge is 0.456 e. The van der Waals surface area contributed by atoms with Gasteiger partial charge in [-0.1, -0.05) is 191 Å². The van der Waals surface area contributed by atoms with Gasteiger partial charge in [0.25, 0.3) is 0 Å². The first kappa shape index (κ1) is 46.4. The molecule has 0 saturated carbocycles. The van der Waals surface area contributed by atoms with Crippen LogP contribution in [-0.2, 0) is 10.8 Å². The first-order valence-electron chi connectivity index (χ1n) is 26.1. The Morgan fingerprint density at radius 1 is 0.595 bits per heavy atom. The Kier molecular flexibility index (Phi) is 12.0. The van der Waals surface area contributed by atoms with Crippen molar-refractivity contribution in [2.75, 3.05) is 10.2 Å². The molecule has 0 saturated heterocycles. The van der Waals surface area contributed by atoms with Gasteiger partial charge in [0.1, 0.15) is 11.2 Å². The van der Waals surface area contributed by atoms with Gasteiger partial charge in [-0.25, -0.2) is 0 Å². The van der Waals surface area contributed by atoms with E-state index in [1.807, 2.05) is 31.2 Å². The number of hydrogen-bond donors (Lipinski definition) is 1. The molecular formula is C71H60N2O. The second-order valence-electron chi connectivity index (χ2n) is 20.7. The third-order valence-corrected chi connectivity index (χ3v) is 15.5. The van der Waals surface area contributed by atoms with Crippen LogP contribution in [0.3, 0.4) is 0 Å². The molecule has 0 bridgehead atoms. The van der Waals surface area contributed by atoms with E-state index < -0.39 is 0 Å². The van der Waals surface area contributed by atoms with E-state index >= 15 is 0 Å². The maximum absolute atomic E-state index is 6.61. The van der Waals surface area contributed by atoms with Crippen molar-refractivity contribution in [1.82, 2.24) is 0 Å². The number of nitrogens with zero attached hydrogens (tertiary/aromatic N) is 1. The van der Waals surface area contributed by atoms with Gasteiger partial charge < -0.3 is 14.6 Å². The molecule has 1 atom stereocenters. The van der Waals surface area contributed by atoms with Gasteiger partial charge in [-0.05, 0) is 160 Å². The number of nitrogens with one attached hydrogen (secondary N) is 1. The van der Waals surface area contributed by atoms with Crippen molar-refractivity contribution >= 4 is 55.8 Å². The molecule has 0 radical (unpaired) electrons. The Morgan fingerprint density at radius 3 is 2.07 bits per heavy atom. The quantitative estimate of drug-likeness (QED) is 0.124. The standard InChI is InChI=1S/C71H60N2O/c1-6-7-10-20-48(2)59-25-15-17-29-67(59)72-55-33-37-60-61-38-36-58(47-66(61)70(3,4)65(60)46-55)73(57-39-41-71(5,42-40-57)64-28-19-27-63-62-26-16-18-30-68(62)74-69(63)64)56-34-31-51(32-35-56)54-44-52(49-21-11-8-12-22-49)43-53(45-54)50-23-13-9-14-24-50/h6-8,10-13,15-41,43-47,72H,2,9,14,42H2,1,3-5H3/b7-6-,20-10-. The van der Waals surface area contributed by atoms with Gasteiger partial charge >= 0.3 is 0 Å². The van der Waals surface area contributed by atoms with Crippen LogP contribution in [0.25, 0.3) is 66.5 Å².